The third-order valence-corrected chi connectivity index (χ3v) is 2.92. The van der Waals surface area contributed by atoms with E-state index in [-0.39, 0.29) is 6.10 Å². The smallest absolute Gasteiger partial charge is 0.123 e. The summed E-state index contributed by atoms with van der Waals surface area (Å²) < 4.78 is 11.3. The van der Waals surface area contributed by atoms with Crippen LogP contribution in [0.25, 0.3) is 0 Å². The zero-order chi connectivity index (χ0) is 14.7. The van der Waals surface area contributed by atoms with Gasteiger partial charge in [-0.3, -0.25) is 0 Å². The molecule has 0 atom stereocenters. The van der Waals surface area contributed by atoms with Crippen LogP contribution in [-0.4, -0.2) is 13.2 Å². The predicted molar refractivity (Wildman–Crippen MR) is 82.2 cm³/mol. The molecule has 20 heavy (non-hydrogen) atoms. The van der Waals surface area contributed by atoms with E-state index in [1.165, 1.54) is 0 Å². The van der Waals surface area contributed by atoms with E-state index in [9.17, 15) is 0 Å². The lowest BCUT2D eigenvalue weighted by atomic mass is 10.2. The standard InChI is InChI=1S/C16H22N2O2/c1-11(2)19-16-8-13(17)7-14(9-16)18(4)10-15-6-5-12(3)20-15/h5-9,11H,10,17H2,1-4H3. The second kappa shape index (κ2) is 5.90. The molecule has 1 heterocycles. The summed E-state index contributed by atoms with van der Waals surface area (Å²) in [6.07, 6.45) is 0.127. The van der Waals surface area contributed by atoms with Gasteiger partial charge in [0.05, 0.1) is 12.6 Å². The maximum Gasteiger partial charge on any atom is 0.123 e. The van der Waals surface area contributed by atoms with Gasteiger partial charge in [-0.25, -0.2) is 0 Å². The summed E-state index contributed by atoms with van der Waals surface area (Å²) >= 11 is 0. The number of nitrogens with two attached hydrogens (primary N) is 1. The van der Waals surface area contributed by atoms with Crippen LogP contribution in [0.2, 0.25) is 0 Å². The van der Waals surface area contributed by atoms with Crippen LogP contribution in [0, 0.1) is 6.92 Å². The first-order chi connectivity index (χ1) is 9.44. The molecule has 0 fully saturated rings. The fraction of sp³-hybridized carbons (Fsp3) is 0.375. The summed E-state index contributed by atoms with van der Waals surface area (Å²) in [6, 6.07) is 9.73. The topological polar surface area (TPSA) is 51.6 Å². The van der Waals surface area contributed by atoms with Crippen molar-refractivity contribution in [3.8, 4) is 5.75 Å². The minimum atomic E-state index is 0.127. The quantitative estimate of drug-likeness (QED) is 0.846. The van der Waals surface area contributed by atoms with Crippen molar-refractivity contribution in [3.05, 3.63) is 41.9 Å². The van der Waals surface area contributed by atoms with Crippen molar-refractivity contribution in [1.82, 2.24) is 0 Å². The number of hydrogen-bond acceptors (Lipinski definition) is 4. The first-order valence-electron chi connectivity index (χ1n) is 6.77. The third kappa shape index (κ3) is 3.70. The Kier molecular flexibility index (Phi) is 4.23. The average molecular weight is 274 g/mol. The van der Waals surface area contributed by atoms with Gasteiger partial charge in [-0.1, -0.05) is 0 Å². The van der Waals surface area contributed by atoms with E-state index in [1.54, 1.807) is 0 Å². The van der Waals surface area contributed by atoms with Gasteiger partial charge in [0, 0.05) is 30.6 Å². The molecular weight excluding hydrogens is 252 g/mol. The van der Waals surface area contributed by atoms with Crippen molar-refractivity contribution in [2.75, 3.05) is 17.7 Å². The van der Waals surface area contributed by atoms with Crippen molar-refractivity contribution in [2.24, 2.45) is 0 Å². The number of rotatable bonds is 5. The number of ether oxygens (including phenoxy) is 1. The zero-order valence-corrected chi connectivity index (χ0v) is 12.5. The van der Waals surface area contributed by atoms with E-state index in [2.05, 4.69) is 4.90 Å². The highest BCUT2D eigenvalue weighted by molar-refractivity contribution is 5.60. The van der Waals surface area contributed by atoms with Gasteiger partial charge < -0.3 is 19.8 Å². The van der Waals surface area contributed by atoms with Gasteiger partial charge in [0.15, 0.2) is 0 Å². The van der Waals surface area contributed by atoms with Gasteiger partial charge in [0.2, 0.25) is 0 Å². The van der Waals surface area contributed by atoms with Crippen LogP contribution < -0.4 is 15.4 Å². The van der Waals surface area contributed by atoms with Gasteiger partial charge in [0.1, 0.15) is 17.3 Å². The molecule has 2 rings (SSSR count). The Bertz CT molecular complexity index is 576. The first kappa shape index (κ1) is 14.3. The summed E-state index contributed by atoms with van der Waals surface area (Å²) in [5.41, 5.74) is 7.64. The number of furan rings is 1. The minimum absolute atomic E-state index is 0.127. The first-order valence-corrected chi connectivity index (χ1v) is 6.77. The molecule has 0 aliphatic heterocycles. The van der Waals surface area contributed by atoms with Crippen LogP contribution in [-0.2, 0) is 6.54 Å². The van der Waals surface area contributed by atoms with E-state index in [1.807, 2.05) is 58.2 Å². The second-order valence-corrected chi connectivity index (χ2v) is 5.30. The van der Waals surface area contributed by atoms with E-state index in [0.717, 1.165) is 23.0 Å². The summed E-state index contributed by atoms with van der Waals surface area (Å²) in [5, 5.41) is 0. The lowest BCUT2D eigenvalue weighted by Crippen LogP contribution is -2.16. The molecule has 0 spiro atoms. The minimum Gasteiger partial charge on any atom is -0.491 e. The predicted octanol–water partition coefficient (Wildman–Crippen LogP) is 3.59. The molecule has 0 amide bonds. The van der Waals surface area contributed by atoms with Crippen LogP contribution in [0.3, 0.4) is 0 Å². The van der Waals surface area contributed by atoms with Crippen molar-refractivity contribution in [2.45, 2.75) is 33.4 Å². The number of benzene rings is 1. The van der Waals surface area contributed by atoms with Gasteiger partial charge in [-0.05, 0) is 39.0 Å². The van der Waals surface area contributed by atoms with E-state index in [0.29, 0.717) is 12.2 Å². The van der Waals surface area contributed by atoms with E-state index < -0.39 is 0 Å². The molecule has 0 radical (unpaired) electrons. The molecule has 0 bridgehead atoms. The summed E-state index contributed by atoms with van der Waals surface area (Å²) in [6.45, 7) is 6.63. The van der Waals surface area contributed by atoms with Crippen LogP contribution in [0.4, 0.5) is 11.4 Å². The molecule has 2 N–H and O–H groups in total. The summed E-state index contributed by atoms with van der Waals surface area (Å²) in [7, 11) is 2.01. The number of hydrogen-bond donors (Lipinski definition) is 1. The third-order valence-electron chi connectivity index (χ3n) is 2.92. The fourth-order valence-corrected chi connectivity index (χ4v) is 2.06. The van der Waals surface area contributed by atoms with Crippen molar-refractivity contribution in [1.29, 1.82) is 0 Å². The molecule has 0 aliphatic carbocycles. The number of anilines is 2. The number of nitrogen functional groups attached to an aromatic ring is 1. The number of aryl methyl sites for hydroxylation is 1. The van der Waals surface area contributed by atoms with Gasteiger partial charge in [-0.15, -0.1) is 0 Å². The SMILES string of the molecule is Cc1ccc(CN(C)c2cc(N)cc(OC(C)C)c2)o1. The molecule has 2 aromatic rings. The molecule has 0 aliphatic rings. The largest absolute Gasteiger partial charge is 0.491 e. The molecular formula is C16H22N2O2. The highest BCUT2D eigenvalue weighted by Crippen LogP contribution is 2.26. The molecule has 4 heteroatoms. The highest BCUT2D eigenvalue weighted by atomic mass is 16.5. The fourth-order valence-electron chi connectivity index (χ4n) is 2.06. The van der Waals surface area contributed by atoms with Crippen LogP contribution >= 0.6 is 0 Å². The Morgan fingerprint density at radius 2 is 2.00 bits per heavy atom. The van der Waals surface area contributed by atoms with E-state index >= 15 is 0 Å². The van der Waals surface area contributed by atoms with Crippen LogP contribution in [0.1, 0.15) is 25.4 Å². The Hall–Kier alpha value is -2.10. The lowest BCUT2D eigenvalue weighted by Gasteiger charge is -2.20. The Balaban J connectivity index is 2.16. The molecule has 0 saturated carbocycles. The average Bonchev–Trinajstić information content (AvgIpc) is 2.73. The van der Waals surface area contributed by atoms with Gasteiger partial charge in [0.25, 0.3) is 0 Å². The molecule has 1 aromatic heterocycles. The van der Waals surface area contributed by atoms with Gasteiger partial charge >= 0.3 is 0 Å². The second-order valence-electron chi connectivity index (χ2n) is 5.30. The number of nitrogens with zero attached hydrogens (tertiary/aromatic N) is 1. The molecule has 4 nitrogen and oxygen atoms in total. The van der Waals surface area contributed by atoms with Crippen molar-refractivity contribution < 1.29 is 9.15 Å². The maximum absolute atomic E-state index is 5.94. The maximum atomic E-state index is 5.94. The van der Waals surface area contributed by atoms with Crippen LogP contribution in [0.15, 0.2) is 34.7 Å². The summed E-state index contributed by atoms with van der Waals surface area (Å²) in [5.74, 6) is 2.64. The lowest BCUT2D eigenvalue weighted by molar-refractivity contribution is 0.242. The van der Waals surface area contributed by atoms with Gasteiger partial charge in [-0.2, -0.15) is 0 Å². The monoisotopic (exact) mass is 274 g/mol. The summed E-state index contributed by atoms with van der Waals surface area (Å²) in [4.78, 5) is 2.09. The van der Waals surface area contributed by atoms with Crippen LogP contribution in [0.5, 0.6) is 5.75 Å². The molecule has 1 aromatic carbocycles. The molecule has 0 saturated heterocycles. The Morgan fingerprint density at radius 3 is 2.60 bits per heavy atom. The Morgan fingerprint density at radius 1 is 1.25 bits per heavy atom. The van der Waals surface area contributed by atoms with Crippen molar-refractivity contribution >= 4 is 11.4 Å². The molecule has 108 valence electrons. The molecule has 0 unspecified atom stereocenters. The normalized spacial score (nSPS) is 10.8. The zero-order valence-electron chi connectivity index (χ0n) is 12.5. The highest BCUT2D eigenvalue weighted by Gasteiger charge is 2.08. The van der Waals surface area contributed by atoms with Crippen molar-refractivity contribution in [3.63, 3.8) is 0 Å². The van der Waals surface area contributed by atoms with E-state index in [4.69, 9.17) is 14.9 Å². The Labute approximate surface area is 120 Å².